The van der Waals surface area contributed by atoms with Crippen molar-refractivity contribution in [2.75, 3.05) is 49.2 Å². The highest BCUT2D eigenvalue weighted by atomic mass is 32.3. The van der Waals surface area contributed by atoms with Crippen LogP contribution in [0.5, 0.6) is 11.5 Å². The van der Waals surface area contributed by atoms with Crippen molar-refractivity contribution < 1.29 is 28.5 Å². The van der Waals surface area contributed by atoms with Gasteiger partial charge in [-0.15, -0.1) is 10.8 Å². The molecule has 1 amide bonds. The lowest BCUT2D eigenvalue weighted by atomic mass is 10.00. The number of methoxy groups -OCH3 is 2. The first kappa shape index (κ1) is 32.4. The van der Waals surface area contributed by atoms with Gasteiger partial charge in [-0.2, -0.15) is 0 Å². The number of aliphatic hydroxyl groups is 1. The number of ether oxygens (including phenoxy) is 2. The van der Waals surface area contributed by atoms with E-state index in [4.69, 9.17) is 9.47 Å². The first-order chi connectivity index (χ1) is 20.7. The molecule has 0 aromatic heterocycles. The van der Waals surface area contributed by atoms with Gasteiger partial charge in [0.05, 0.1) is 37.7 Å². The Kier molecular flexibility index (Phi) is 11.5. The molecule has 10 nitrogen and oxygen atoms in total. The molecule has 0 spiro atoms. The molecule has 234 valence electrons. The third kappa shape index (κ3) is 8.55. The summed E-state index contributed by atoms with van der Waals surface area (Å²) in [5.74, 6) is 0.842. The highest BCUT2D eigenvalue weighted by Crippen LogP contribution is 2.53. The van der Waals surface area contributed by atoms with Gasteiger partial charge in [0.15, 0.2) is 5.75 Å². The third-order valence-electron chi connectivity index (χ3n) is 7.45. The van der Waals surface area contributed by atoms with Crippen molar-refractivity contribution in [2.45, 2.75) is 44.9 Å². The normalized spacial score (nSPS) is 16.6. The van der Waals surface area contributed by atoms with Crippen LogP contribution in [0.3, 0.4) is 0 Å². The average Bonchev–Trinajstić information content (AvgIpc) is 3.00. The molecule has 1 saturated heterocycles. The van der Waals surface area contributed by atoms with E-state index in [2.05, 4.69) is 16.0 Å². The van der Waals surface area contributed by atoms with Gasteiger partial charge < -0.3 is 30.5 Å². The molecule has 11 heteroatoms. The van der Waals surface area contributed by atoms with Crippen LogP contribution in [-0.2, 0) is 13.0 Å². The van der Waals surface area contributed by atoms with Gasteiger partial charge in [-0.1, -0.05) is 42.5 Å². The van der Waals surface area contributed by atoms with Gasteiger partial charge in [-0.3, -0.25) is 18.2 Å². The van der Waals surface area contributed by atoms with Gasteiger partial charge in [-0.05, 0) is 61.6 Å². The lowest BCUT2D eigenvalue weighted by Crippen LogP contribution is -2.48. The minimum Gasteiger partial charge on any atom is -0.497 e. The first-order valence-electron chi connectivity index (χ1n) is 14.6. The van der Waals surface area contributed by atoms with Crippen molar-refractivity contribution >= 4 is 28.1 Å². The number of amides is 1. The van der Waals surface area contributed by atoms with Crippen molar-refractivity contribution in [3.63, 3.8) is 0 Å². The predicted molar refractivity (Wildman–Crippen MR) is 174 cm³/mol. The number of nitrogens with zero attached hydrogens (tertiary/aromatic N) is 1. The maximum Gasteiger partial charge on any atom is 0.255 e. The molecule has 6 N–H and O–H groups in total. The molecule has 1 heterocycles. The fourth-order valence-electron chi connectivity index (χ4n) is 5.26. The fraction of sp³-hybridized carbons (Fsp3) is 0.406. The number of hydrogen-bond donors (Lipinski definition) is 6. The summed E-state index contributed by atoms with van der Waals surface area (Å²) in [7, 11) is 0.0306. The van der Waals surface area contributed by atoms with Crippen molar-refractivity contribution in [1.29, 1.82) is 0 Å². The second-order valence-corrected chi connectivity index (χ2v) is 12.7. The van der Waals surface area contributed by atoms with Crippen LogP contribution >= 0.6 is 10.8 Å². The summed E-state index contributed by atoms with van der Waals surface area (Å²) in [4.78, 5) is 13.9. The highest BCUT2D eigenvalue weighted by Gasteiger charge is 2.32. The second-order valence-electron chi connectivity index (χ2n) is 10.6. The maximum absolute atomic E-state index is 13.9. The van der Waals surface area contributed by atoms with E-state index in [1.807, 2.05) is 61.5 Å². The average molecular weight is 613 g/mol. The molecular formula is C32H44N4O6S. The SMILES string of the molecule is CCNc1cc(C(=O)N[C@@H](Cc2ccccc2)[C@H](O)CNCc2cccc(OC)c2)c(OC)c(N2CCCCS2(O)O)c1. The zero-order valence-corrected chi connectivity index (χ0v) is 25.9. The number of carbonyl (C=O) groups is 1. The molecule has 0 bridgehead atoms. The Hall–Kier alpha value is -3.48. The topological polar surface area (TPSA) is 136 Å². The second kappa shape index (κ2) is 15.3. The summed E-state index contributed by atoms with van der Waals surface area (Å²) in [6.45, 7) is 3.75. The molecule has 2 atom stereocenters. The zero-order chi connectivity index (χ0) is 30.8. The van der Waals surface area contributed by atoms with E-state index in [-0.39, 0.29) is 23.6 Å². The lowest BCUT2D eigenvalue weighted by Gasteiger charge is -2.47. The first-order valence-corrected chi connectivity index (χ1v) is 16.3. The number of carbonyl (C=O) groups excluding carboxylic acids is 1. The van der Waals surface area contributed by atoms with Crippen LogP contribution in [0.15, 0.2) is 66.7 Å². The molecule has 1 aliphatic rings. The maximum atomic E-state index is 13.9. The summed E-state index contributed by atoms with van der Waals surface area (Å²) in [6, 6.07) is 20.3. The molecule has 0 unspecified atom stereocenters. The molecule has 4 rings (SSSR count). The van der Waals surface area contributed by atoms with E-state index in [0.717, 1.165) is 23.3 Å². The molecular weight excluding hydrogens is 568 g/mol. The van der Waals surface area contributed by atoms with E-state index in [1.54, 1.807) is 23.5 Å². The van der Waals surface area contributed by atoms with Gasteiger partial charge in [-0.25, -0.2) is 0 Å². The summed E-state index contributed by atoms with van der Waals surface area (Å²) >= 11 is 0. The standard InChI is InChI=1S/C32H44N4O6S/c1-4-34-25-19-27(31(42-3)29(20-25)36-15-8-9-16-43(36,39)40)32(38)35-28(18-23-11-6-5-7-12-23)30(37)22-33-21-24-13-10-14-26(17-24)41-2/h5-7,10-14,17,19-20,28,30,33-34,37,39-40H,4,8-9,15-16,18,21-22H2,1-3H3,(H,35,38)/t28-,30+/m0/s1. The van der Waals surface area contributed by atoms with Crippen LogP contribution in [0.4, 0.5) is 11.4 Å². The quantitative estimate of drug-likeness (QED) is 0.150. The smallest absolute Gasteiger partial charge is 0.255 e. The largest absolute Gasteiger partial charge is 0.497 e. The van der Waals surface area contributed by atoms with Crippen LogP contribution in [0, 0.1) is 0 Å². The van der Waals surface area contributed by atoms with Gasteiger partial charge in [0.2, 0.25) is 0 Å². The Morgan fingerprint density at radius 1 is 1.00 bits per heavy atom. The number of benzene rings is 3. The van der Waals surface area contributed by atoms with E-state index >= 15 is 0 Å². The van der Waals surface area contributed by atoms with Crippen LogP contribution in [0.1, 0.15) is 41.3 Å². The van der Waals surface area contributed by atoms with Crippen molar-refractivity contribution in [2.24, 2.45) is 0 Å². The van der Waals surface area contributed by atoms with Gasteiger partial charge in [0, 0.05) is 31.9 Å². The molecule has 43 heavy (non-hydrogen) atoms. The molecule has 3 aromatic rings. The summed E-state index contributed by atoms with van der Waals surface area (Å²) < 4.78 is 34.4. The molecule has 1 aliphatic heterocycles. The Balaban J connectivity index is 1.59. The number of nitrogens with one attached hydrogen (secondary N) is 3. The number of hydrogen-bond acceptors (Lipinski definition) is 9. The fourth-order valence-corrected chi connectivity index (χ4v) is 6.94. The van der Waals surface area contributed by atoms with Crippen molar-refractivity contribution in [3.05, 3.63) is 83.4 Å². The minimum absolute atomic E-state index is 0.240. The Bertz CT molecular complexity index is 1340. The minimum atomic E-state index is -3.06. The van der Waals surface area contributed by atoms with Crippen LogP contribution in [0.2, 0.25) is 0 Å². The van der Waals surface area contributed by atoms with Crippen LogP contribution in [0.25, 0.3) is 0 Å². The lowest BCUT2D eigenvalue weighted by molar-refractivity contribution is 0.0827. The van der Waals surface area contributed by atoms with Gasteiger partial charge in [0.1, 0.15) is 11.4 Å². The van der Waals surface area contributed by atoms with Crippen LogP contribution in [-0.4, -0.2) is 71.9 Å². The molecule has 0 saturated carbocycles. The monoisotopic (exact) mass is 612 g/mol. The molecule has 0 aliphatic carbocycles. The van der Waals surface area contributed by atoms with Crippen LogP contribution < -0.4 is 29.7 Å². The van der Waals surface area contributed by atoms with E-state index in [0.29, 0.717) is 43.9 Å². The predicted octanol–water partition coefficient (Wildman–Crippen LogP) is 4.89. The van der Waals surface area contributed by atoms with E-state index in [9.17, 15) is 19.0 Å². The number of anilines is 2. The number of rotatable bonds is 14. The highest BCUT2D eigenvalue weighted by molar-refractivity contribution is 8.25. The Morgan fingerprint density at radius 2 is 1.77 bits per heavy atom. The van der Waals surface area contributed by atoms with E-state index < -0.39 is 28.8 Å². The number of aliphatic hydroxyl groups excluding tert-OH is 1. The third-order valence-corrected chi connectivity index (χ3v) is 9.37. The molecule has 0 radical (unpaired) electrons. The Morgan fingerprint density at radius 3 is 2.47 bits per heavy atom. The summed E-state index contributed by atoms with van der Waals surface area (Å²) in [5.41, 5.74) is 3.33. The van der Waals surface area contributed by atoms with Gasteiger partial charge >= 0.3 is 0 Å². The Labute approximate surface area is 255 Å². The van der Waals surface area contributed by atoms with Crippen molar-refractivity contribution in [1.82, 2.24) is 10.6 Å². The van der Waals surface area contributed by atoms with Crippen molar-refractivity contribution in [3.8, 4) is 11.5 Å². The zero-order valence-electron chi connectivity index (χ0n) is 25.1. The van der Waals surface area contributed by atoms with Gasteiger partial charge in [0.25, 0.3) is 5.91 Å². The van der Waals surface area contributed by atoms with E-state index in [1.165, 1.54) is 7.11 Å². The molecule has 3 aromatic carbocycles. The summed E-state index contributed by atoms with van der Waals surface area (Å²) in [6.07, 6.45) is 1.00. The molecule has 1 fully saturated rings. The summed E-state index contributed by atoms with van der Waals surface area (Å²) in [5, 5.41) is 20.9.